The van der Waals surface area contributed by atoms with E-state index < -0.39 is 11.9 Å². The number of hydrogen-bond donors (Lipinski definition) is 2. The zero-order valence-electron chi connectivity index (χ0n) is 19.0. The number of nitrogens with one attached hydrogen (secondary N) is 1. The maximum absolute atomic E-state index is 12.5. The minimum absolute atomic E-state index is 0.341. The van der Waals surface area contributed by atoms with Gasteiger partial charge in [0.15, 0.2) is 5.82 Å². The number of carbonyl (C=O) groups is 1. The largest absolute Gasteiger partial charge is 0.497 e. The van der Waals surface area contributed by atoms with Gasteiger partial charge in [0.1, 0.15) is 29.0 Å². The van der Waals surface area contributed by atoms with Gasteiger partial charge in [0.25, 0.3) is 0 Å². The molecule has 0 radical (unpaired) electrons. The Bertz CT molecular complexity index is 1230. The van der Waals surface area contributed by atoms with Gasteiger partial charge in [-0.3, -0.25) is 4.79 Å². The molecular weight excluding hydrogens is 426 g/mol. The van der Waals surface area contributed by atoms with Crippen LogP contribution < -0.4 is 30.0 Å². The number of hydrogen-bond acceptors (Lipinski definition) is 8. The highest BCUT2D eigenvalue weighted by Gasteiger charge is 2.35. The summed E-state index contributed by atoms with van der Waals surface area (Å²) >= 11 is 0. The molecule has 10 heteroatoms. The minimum atomic E-state index is -0.683. The van der Waals surface area contributed by atoms with Crippen LogP contribution in [0.15, 0.2) is 47.7 Å². The summed E-state index contributed by atoms with van der Waals surface area (Å²) in [5.74, 6) is 2.64. The second-order valence-electron chi connectivity index (χ2n) is 7.34. The molecule has 1 aliphatic rings. The van der Waals surface area contributed by atoms with E-state index in [0.29, 0.717) is 57.2 Å². The first-order chi connectivity index (χ1) is 15.9. The third-order valence-electron chi connectivity index (χ3n) is 5.46. The van der Waals surface area contributed by atoms with Crippen LogP contribution in [0, 0.1) is 0 Å². The molecule has 1 aliphatic heterocycles. The third-order valence-corrected chi connectivity index (χ3v) is 5.46. The first kappa shape index (κ1) is 22.0. The van der Waals surface area contributed by atoms with Crippen LogP contribution in [0.2, 0.25) is 0 Å². The molecule has 0 spiro atoms. The molecule has 33 heavy (non-hydrogen) atoms. The van der Waals surface area contributed by atoms with Crippen molar-refractivity contribution in [2.45, 2.75) is 13.0 Å². The van der Waals surface area contributed by atoms with Gasteiger partial charge in [0, 0.05) is 22.9 Å². The average molecular weight is 451 g/mol. The highest BCUT2D eigenvalue weighted by atomic mass is 16.5. The van der Waals surface area contributed by atoms with Crippen LogP contribution in [0.4, 0.5) is 5.95 Å². The Morgan fingerprint density at radius 1 is 0.970 bits per heavy atom. The van der Waals surface area contributed by atoms with Crippen molar-refractivity contribution in [2.75, 3.05) is 33.8 Å². The lowest BCUT2D eigenvalue weighted by molar-refractivity contribution is -0.115. The third kappa shape index (κ3) is 3.91. The number of ether oxygens (including phenoxy) is 4. The number of aromatic nitrogens is 3. The fourth-order valence-electron chi connectivity index (χ4n) is 3.87. The first-order valence-electron chi connectivity index (χ1n) is 10.1. The fourth-order valence-corrected chi connectivity index (χ4v) is 3.87. The van der Waals surface area contributed by atoms with Crippen molar-refractivity contribution in [3.8, 4) is 34.4 Å². The van der Waals surface area contributed by atoms with E-state index in [2.05, 4.69) is 10.3 Å². The number of anilines is 1. The van der Waals surface area contributed by atoms with E-state index in [9.17, 15) is 4.79 Å². The molecule has 0 fully saturated rings. The van der Waals surface area contributed by atoms with Crippen LogP contribution in [-0.4, -0.2) is 49.1 Å². The lowest BCUT2D eigenvalue weighted by Gasteiger charge is -2.28. The van der Waals surface area contributed by atoms with E-state index in [1.54, 1.807) is 76.4 Å². The number of primary amides is 1. The number of allylic oxidation sites excluding steroid dienone is 1. The summed E-state index contributed by atoms with van der Waals surface area (Å²) in [6, 6.07) is 10.0. The highest BCUT2D eigenvalue weighted by Crippen LogP contribution is 2.41. The summed E-state index contributed by atoms with van der Waals surface area (Å²) in [5.41, 5.74) is 8.06. The quantitative estimate of drug-likeness (QED) is 0.562. The Morgan fingerprint density at radius 2 is 1.64 bits per heavy atom. The van der Waals surface area contributed by atoms with E-state index in [0.717, 1.165) is 0 Å². The number of nitrogens with two attached hydrogens (primary N) is 1. The van der Waals surface area contributed by atoms with Crippen LogP contribution >= 0.6 is 0 Å². The summed E-state index contributed by atoms with van der Waals surface area (Å²) in [4.78, 5) is 17.2. The van der Waals surface area contributed by atoms with Gasteiger partial charge in [-0.05, 0) is 37.3 Å². The molecular formula is C23H25N5O5. The van der Waals surface area contributed by atoms with E-state index in [-0.39, 0.29) is 0 Å². The number of nitrogens with zero attached hydrogens (tertiary/aromatic N) is 3. The van der Waals surface area contributed by atoms with E-state index in [1.165, 1.54) is 0 Å². The Kier molecular flexibility index (Phi) is 5.82. The van der Waals surface area contributed by atoms with Crippen LogP contribution in [0.5, 0.6) is 23.0 Å². The molecule has 0 bridgehead atoms. The molecule has 0 saturated carbocycles. The summed E-state index contributed by atoms with van der Waals surface area (Å²) in [6.45, 7) is 1.77. The van der Waals surface area contributed by atoms with Crippen molar-refractivity contribution < 1.29 is 23.7 Å². The van der Waals surface area contributed by atoms with Crippen molar-refractivity contribution in [1.82, 2.24) is 14.8 Å². The van der Waals surface area contributed by atoms with Gasteiger partial charge in [0.2, 0.25) is 11.9 Å². The predicted molar refractivity (Wildman–Crippen MR) is 122 cm³/mol. The molecule has 0 saturated heterocycles. The van der Waals surface area contributed by atoms with E-state index in [1.807, 2.05) is 0 Å². The van der Waals surface area contributed by atoms with Gasteiger partial charge in [-0.25, -0.2) is 4.68 Å². The molecule has 172 valence electrons. The average Bonchev–Trinajstić information content (AvgIpc) is 3.25. The molecule has 4 rings (SSSR count). The number of fused-ring (bicyclic) bond motifs is 1. The molecule has 0 unspecified atom stereocenters. The normalized spacial score (nSPS) is 14.9. The monoisotopic (exact) mass is 451 g/mol. The van der Waals surface area contributed by atoms with Crippen molar-refractivity contribution >= 4 is 11.9 Å². The molecule has 3 N–H and O–H groups in total. The molecule has 2 aromatic carbocycles. The SMILES string of the molecule is COc1cc(OC)cc(-c2nc3n(n2)[C@@H](c2cc(OC)ccc2OC)C(C(N)=O)=C(C)N3)c1. The van der Waals surface area contributed by atoms with E-state index in [4.69, 9.17) is 29.8 Å². The van der Waals surface area contributed by atoms with Crippen LogP contribution in [-0.2, 0) is 4.79 Å². The molecule has 10 nitrogen and oxygen atoms in total. The summed E-state index contributed by atoms with van der Waals surface area (Å²) in [7, 11) is 6.27. The Labute approximate surface area is 190 Å². The Hall–Kier alpha value is -4.21. The summed E-state index contributed by atoms with van der Waals surface area (Å²) in [5, 5.41) is 7.86. The minimum Gasteiger partial charge on any atom is -0.497 e. The molecule has 1 amide bonds. The van der Waals surface area contributed by atoms with Gasteiger partial charge in [-0.2, -0.15) is 4.98 Å². The van der Waals surface area contributed by atoms with Gasteiger partial charge in [-0.1, -0.05) is 0 Å². The summed E-state index contributed by atoms with van der Waals surface area (Å²) < 4.78 is 23.4. The molecule has 0 aliphatic carbocycles. The lowest BCUT2D eigenvalue weighted by Crippen LogP contribution is -2.32. The predicted octanol–water partition coefficient (Wildman–Crippen LogP) is 2.75. The standard InChI is InChI=1S/C23H25N5O5/c1-12-19(21(24)29)20(17-11-14(30-2)6-7-18(17)33-5)28-23(25-12)26-22(27-28)13-8-15(31-3)10-16(9-13)32-4/h6-11,20H,1-5H3,(H2,24,29)(H,25,26,27)/t20-/m0/s1. The smallest absolute Gasteiger partial charge is 0.248 e. The van der Waals surface area contributed by atoms with Gasteiger partial charge in [0.05, 0.1) is 34.0 Å². The van der Waals surface area contributed by atoms with Gasteiger partial charge >= 0.3 is 0 Å². The number of methoxy groups -OCH3 is 4. The number of carbonyl (C=O) groups excluding carboxylic acids is 1. The first-order valence-corrected chi connectivity index (χ1v) is 10.1. The van der Waals surface area contributed by atoms with Crippen LogP contribution in [0.25, 0.3) is 11.4 Å². The number of amides is 1. The molecule has 1 aromatic heterocycles. The van der Waals surface area contributed by atoms with Crippen molar-refractivity contribution in [1.29, 1.82) is 0 Å². The molecule has 1 atom stereocenters. The fraction of sp³-hybridized carbons (Fsp3) is 0.261. The van der Waals surface area contributed by atoms with Crippen LogP contribution in [0.3, 0.4) is 0 Å². The van der Waals surface area contributed by atoms with Gasteiger partial charge in [-0.15, -0.1) is 5.10 Å². The van der Waals surface area contributed by atoms with Crippen LogP contribution in [0.1, 0.15) is 18.5 Å². The maximum atomic E-state index is 12.5. The second kappa shape index (κ2) is 8.73. The van der Waals surface area contributed by atoms with Gasteiger partial charge < -0.3 is 30.0 Å². The second-order valence-corrected chi connectivity index (χ2v) is 7.34. The zero-order chi connectivity index (χ0) is 23.7. The maximum Gasteiger partial charge on any atom is 0.248 e. The molecule has 2 heterocycles. The lowest BCUT2D eigenvalue weighted by atomic mass is 9.94. The summed E-state index contributed by atoms with van der Waals surface area (Å²) in [6.07, 6.45) is 0. The zero-order valence-corrected chi connectivity index (χ0v) is 19.0. The van der Waals surface area contributed by atoms with Crippen molar-refractivity contribution in [2.24, 2.45) is 5.73 Å². The topological polar surface area (TPSA) is 123 Å². The van der Waals surface area contributed by atoms with Crippen molar-refractivity contribution in [3.05, 3.63) is 53.2 Å². The van der Waals surface area contributed by atoms with Crippen molar-refractivity contribution in [3.63, 3.8) is 0 Å². The Morgan fingerprint density at radius 3 is 2.21 bits per heavy atom. The Balaban J connectivity index is 1.93. The number of benzene rings is 2. The number of rotatable bonds is 7. The molecule has 3 aromatic rings. The highest BCUT2D eigenvalue weighted by molar-refractivity contribution is 5.95. The van der Waals surface area contributed by atoms with E-state index >= 15 is 0 Å².